The van der Waals surface area contributed by atoms with Crippen molar-refractivity contribution < 1.29 is 14.0 Å². The Kier molecular flexibility index (Phi) is 3.41. The highest BCUT2D eigenvalue weighted by Gasteiger charge is 2.38. The zero-order valence-electron chi connectivity index (χ0n) is 9.34. The van der Waals surface area contributed by atoms with Crippen molar-refractivity contribution in [1.29, 1.82) is 0 Å². The van der Waals surface area contributed by atoms with Crippen molar-refractivity contribution in [2.75, 3.05) is 11.4 Å². The highest BCUT2D eigenvalue weighted by Crippen LogP contribution is 2.33. The van der Waals surface area contributed by atoms with Gasteiger partial charge in [0.15, 0.2) is 0 Å². The Morgan fingerprint density at radius 2 is 2.11 bits per heavy atom. The summed E-state index contributed by atoms with van der Waals surface area (Å²) in [6, 6.07) is 2.74. The van der Waals surface area contributed by atoms with Crippen molar-refractivity contribution in [2.45, 2.75) is 6.92 Å². The van der Waals surface area contributed by atoms with Crippen LogP contribution in [0.1, 0.15) is 15.9 Å². The van der Waals surface area contributed by atoms with Crippen LogP contribution in [-0.2, 0) is 4.79 Å². The van der Waals surface area contributed by atoms with Gasteiger partial charge in [-0.3, -0.25) is 14.5 Å². The normalized spacial score (nSPS) is 15.3. The Morgan fingerprint density at radius 3 is 2.72 bits per heavy atom. The summed E-state index contributed by atoms with van der Waals surface area (Å²) in [4.78, 5) is 24.5. The largest absolute Gasteiger partial charge is 0.299 e. The fraction of sp³-hybridized carbons (Fsp3) is 0.167. The lowest BCUT2D eigenvalue weighted by molar-refractivity contribution is -0.114. The van der Waals surface area contributed by atoms with E-state index in [0.29, 0.717) is 5.56 Å². The molecule has 0 spiro atoms. The second kappa shape index (κ2) is 4.71. The van der Waals surface area contributed by atoms with Gasteiger partial charge in [-0.25, -0.2) is 4.39 Å². The molecule has 0 aliphatic carbocycles. The molecule has 0 radical (unpaired) electrons. The summed E-state index contributed by atoms with van der Waals surface area (Å²) < 4.78 is 13.9. The Labute approximate surface area is 113 Å². The number of benzene rings is 1. The molecule has 6 heteroatoms. The molecule has 1 aromatic carbocycles. The molecule has 1 amide bonds. The molecule has 1 heterocycles. The molecule has 0 unspecified atom stereocenters. The first-order valence-corrected chi connectivity index (χ1v) is 5.88. The molecule has 0 N–H and O–H groups in total. The van der Waals surface area contributed by atoms with E-state index in [-0.39, 0.29) is 22.8 Å². The number of ketones is 1. The summed E-state index contributed by atoms with van der Waals surface area (Å²) in [5.41, 5.74) is 1.68. The Balaban J connectivity index is 2.55. The Morgan fingerprint density at radius 1 is 1.44 bits per heavy atom. The maximum Gasteiger partial charge on any atom is 0.299 e. The number of hydrogen-bond acceptors (Lipinski definition) is 2. The van der Waals surface area contributed by atoms with Crippen molar-refractivity contribution in [3.63, 3.8) is 0 Å². The van der Waals surface area contributed by atoms with Crippen LogP contribution in [0.2, 0.25) is 0 Å². The Hall–Kier alpha value is -1.39. The first-order valence-electron chi connectivity index (χ1n) is 5.06. The number of hydrogen-bond donors (Lipinski definition) is 0. The first kappa shape index (κ1) is 13.1. The number of carbonyl (C=O) groups is 2. The van der Waals surface area contributed by atoms with Gasteiger partial charge in [-0.1, -0.05) is 23.2 Å². The topological polar surface area (TPSA) is 37.4 Å². The average molecular weight is 288 g/mol. The predicted molar refractivity (Wildman–Crippen MR) is 67.6 cm³/mol. The van der Waals surface area contributed by atoms with Gasteiger partial charge in [-0.2, -0.15) is 0 Å². The number of halogens is 3. The fourth-order valence-electron chi connectivity index (χ4n) is 1.86. The lowest BCUT2D eigenvalue weighted by atomic mass is 10.1. The third-order valence-electron chi connectivity index (χ3n) is 2.59. The van der Waals surface area contributed by atoms with Gasteiger partial charge in [0.25, 0.3) is 11.7 Å². The first-order chi connectivity index (χ1) is 8.45. The maximum atomic E-state index is 13.9. The molecule has 1 aromatic rings. The van der Waals surface area contributed by atoms with Crippen molar-refractivity contribution in [1.82, 2.24) is 0 Å². The molecule has 0 atom stereocenters. The van der Waals surface area contributed by atoms with E-state index < -0.39 is 17.5 Å². The van der Waals surface area contributed by atoms with Gasteiger partial charge in [0.1, 0.15) is 5.82 Å². The smallest absolute Gasteiger partial charge is 0.297 e. The van der Waals surface area contributed by atoms with Crippen molar-refractivity contribution >= 4 is 40.6 Å². The van der Waals surface area contributed by atoms with Gasteiger partial charge in [0, 0.05) is 10.6 Å². The summed E-state index contributed by atoms with van der Waals surface area (Å²) in [6.07, 6.45) is 0. The number of anilines is 1. The average Bonchev–Trinajstić information content (AvgIpc) is 2.54. The van der Waals surface area contributed by atoms with E-state index in [4.69, 9.17) is 23.2 Å². The van der Waals surface area contributed by atoms with E-state index >= 15 is 0 Å². The van der Waals surface area contributed by atoms with Gasteiger partial charge in [0.2, 0.25) is 0 Å². The van der Waals surface area contributed by atoms with Crippen LogP contribution in [0.4, 0.5) is 10.1 Å². The molecular weight excluding hydrogens is 280 g/mol. The number of aryl methyl sites for hydroxylation is 1. The van der Waals surface area contributed by atoms with Gasteiger partial charge < -0.3 is 0 Å². The number of fused-ring (bicyclic) bond motifs is 1. The molecule has 94 valence electrons. The third-order valence-corrected chi connectivity index (χ3v) is 3.19. The fourth-order valence-corrected chi connectivity index (χ4v) is 2.05. The number of Topliss-reactive ketones (excluding diaryl/α,β-unsaturated/α-hetero) is 1. The van der Waals surface area contributed by atoms with Crippen LogP contribution in [0.5, 0.6) is 0 Å². The summed E-state index contributed by atoms with van der Waals surface area (Å²) >= 11 is 11.1. The predicted octanol–water partition coefficient (Wildman–Crippen LogP) is 2.98. The number of rotatable bonds is 2. The van der Waals surface area contributed by atoms with Crippen LogP contribution in [0.25, 0.3) is 0 Å². The minimum Gasteiger partial charge on any atom is -0.297 e. The highest BCUT2D eigenvalue weighted by atomic mass is 35.5. The summed E-state index contributed by atoms with van der Waals surface area (Å²) in [7, 11) is 0. The molecule has 18 heavy (non-hydrogen) atoms. The summed E-state index contributed by atoms with van der Waals surface area (Å²) in [5, 5.41) is 0.144. The zero-order valence-corrected chi connectivity index (χ0v) is 10.8. The van der Waals surface area contributed by atoms with Crippen LogP contribution in [0, 0.1) is 12.7 Å². The van der Waals surface area contributed by atoms with E-state index in [1.165, 1.54) is 12.1 Å². The van der Waals surface area contributed by atoms with Crippen LogP contribution < -0.4 is 4.90 Å². The second-order valence-electron chi connectivity index (χ2n) is 3.92. The molecule has 0 aromatic heterocycles. The molecule has 0 saturated heterocycles. The monoisotopic (exact) mass is 287 g/mol. The van der Waals surface area contributed by atoms with Crippen LogP contribution in [0.3, 0.4) is 0 Å². The van der Waals surface area contributed by atoms with E-state index in [1.54, 1.807) is 6.92 Å². The van der Waals surface area contributed by atoms with Crippen molar-refractivity contribution in [2.24, 2.45) is 0 Å². The minimum atomic E-state index is -0.800. The molecule has 1 aliphatic heterocycles. The standard InChI is InChI=1S/C12H8Cl2FNO2/c1-6-2-8-10(9(15)3-6)16(5-7(14)4-13)12(18)11(8)17/h2-4H,5H2,1H3. The summed E-state index contributed by atoms with van der Waals surface area (Å²) in [6.45, 7) is 1.53. The number of carbonyl (C=O) groups excluding carboxylic acids is 2. The zero-order chi connectivity index (χ0) is 13.4. The lowest BCUT2D eigenvalue weighted by Gasteiger charge is -2.16. The van der Waals surface area contributed by atoms with E-state index in [2.05, 4.69) is 0 Å². The number of nitrogens with zero attached hydrogens (tertiary/aromatic N) is 1. The summed E-state index contributed by atoms with van der Waals surface area (Å²) in [5.74, 6) is -2.15. The highest BCUT2D eigenvalue weighted by molar-refractivity contribution is 6.52. The van der Waals surface area contributed by atoms with Crippen LogP contribution >= 0.6 is 23.2 Å². The Bertz CT molecular complexity index is 584. The second-order valence-corrected chi connectivity index (χ2v) is 4.62. The molecule has 1 aliphatic rings. The molecule has 3 nitrogen and oxygen atoms in total. The van der Waals surface area contributed by atoms with E-state index in [0.717, 1.165) is 10.4 Å². The molecule has 0 saturated carbocycles. The molecule has 2 rings (SSSR count). The van der Waals surface area contributed by atoms with E-state index in [1.807, 2.05) is 0 Å². The quantitative estimate of drug-likeness (QED) is 0.784. The van der Waals surface area contributed by atoms with Crippen LogP contribution in [-0.4, -0.2) is 18.2 Å². The van der Waals surface area contributed by atoms with Crippen molar-refractivity contribution in [3.8, 4) is 0 Å². The van der Waals surface area contributed by atoms with Gasteiger partial charge in [-0.05, 0) is 24.6 Å². The van der Waals surface area contributed by atoms with Gasteiger partial charge in [0.05, 0.1) is 17.8 Å². The van der Waals surface area contributed by atoms with E-state index in [9.17, 15) is 14.0 Å². The van der Waals surface area contributed by atoms with Crippen molar-refractivity contribution in [3.05, 3.63) is 39.6 Å². The molecular formula is C12H8Cl2FNO2. The minimum absolute atomic E-state index is 0.0349. The third kappa shape index (κ3) is 2.02. The number of amides is 1. The lowest BCUT2D eigenvalue weighted by Crippen LogP contribution is -2.31. The maximum absolute atomic E-state index is 13.9. The van der Waals surface area contributed by atoms with Gasteiger partial charge in [-0.15, -0.1) is 0 Å². The van der Waals surface area contributed by atoms with Crippen LogP contribution in [0.15, 0.2) is 22.7 Å². The SMILES string of the molecule is Cc1cc(F)c2c(c1)C(=O)C(=O)N2CC(Cl)=CCl. The molecule has 0 bridgehead atoms. The van der Waals surface area contributed by atoms with Gasteiger partial charge >= 0.3 is 0 Å². The molecule has 0 fully saturated rings.